The number of amides is 2. The number of rotatable bonds is 4. The number of anilines is 1. The summed E-state index contributed by atoms with van der Waals surface area (Å²) in [5.74, 6) is -2.72. The molecule has 2 rings (SSSR count). The van der Waals surface area contributed by atoms with Gasteiger partial charge in [0.25, 0.3) is 5.91 Å². The van der Waals surface area contributed by atoms with Crippen LogP contribution in [0.2, 0.25) is 0 Å². The third-order valence-corrected chi connectivity index (χ3v) is 2.97. The van der Waals surface area contributed by atoms with E-state index in [1.807, 2.05) is 6.92 Å². The molecule has 1 saturated heterocycles. The number of nitrogens with zero attached hydrogens (tertiary/aromatic N) is 1. The molecule has 1 aliphatic rings. The molecule has 1 unspecified atom stereocenters. The van der Waals surface area contributed by atoms with Gasteiger partial charge < -0.3 is 5.32 Å². The van der Waals surface area contributed by atoms with Crippen molar-refractivity contribution in [1.82, 2.24) is 4.90 Å². The molecule has 0 saturated carbocycles. The molecule has 1 N–H and O–H groups in total. The van der Waals surface area contributed by atoms with E-state index in [0.717, 1.165) is 11.0 Å². The second-order valence-electron chi connectivity index (χ2n) is 4.39. The fraction of sp³-hybridized carbons (Fsp3) is 0.385. The minimum Gasteiger partial charge on any atom is -0.371 e. The summed E-state index contributed by atoms with van der Waals surface area (Å²) in [6.07, 6.45) is 0.632. The Hall–Kier alpha value is -1.98. The zero-order valence-electron chi connectivity index (χ0n) is 10.5. The summed E-state index contributed by atoms with van der Waals surface area (Å²) in [7, 11) is 0. The molecule has 2 amide bonds. The first-order valence-electron chi connectivity index (χ1n) is 6.09. The molecule has 1 heterocycles. The summed E-state index contributed by atoms with van der Waals surface area (Å²) in [6.45, 7) is 2.20. The Kier molecular flexibility index (Phi) is 3.78. The van der Waals surface area contributed by atoms with Gasteiger partial charge in [0.2, 0.25) is 5.91 Å². The van der Waals surface area contributed by atoms with Gasteiger partial charge in [-0.1, -0.05) is 13.0 Å². The van der Waals surface area contributed by atoms with Gasteiger partial charge in [-0.15, -0.1) is 0 Å². The minimum atomic E-state index is -1.04. The molecule has 6 heteroatoms. The number of hydrogen-bond acceptors (Lipinski definition) is 3. The van der Waals surface area contributed by atoms with Crippen molar-refractivity contribution in [3.8, 4) is 0 Å². The third-order valence-electron chi connectivity index (χ3n) is 2.97. The third kappa shape index (κ3) is 2.57. The summed E-state index contributed by atoms with van der Waals surface area (Å²) >= 11 is 0. The highest BCUT2D eigenvalue weighted by Crippen LogP contribution is 2.22. The molecule has 1 aromatic carbocycles. The normalized spacial score (nSPS) is 19.1. The highest BCUT2D eigenvalue weighted by atomic mass is 19.2. The van der Waals surface area contributed by atoms with Crippen molar-refractivity contribution in [1.29, 1.82) is 0 Å². The molecule has 102 valence electrons. The molecule has 4 nitrogen and oxygen atoms in total. The smallest absolute Gasteiger partial charge is 0.252 e. The first-order chi connectivity index (χ1) is 9.04. The lowest BCUT2D eigenvalue weighted by atomic mass is 10.2. The number of nitrogens with one attached hydrogen (secondary N) is 1. The maximum Gasteiger partial charge on any atom is 0.252 e. The molecular formula is C13H14F2N2O2. The van der Waals surface area contributed by atoms with Gasteiger partial charge >= 0.3 is 0 Å². The highest BCUT2D eigenvalue weighted by Gasteiger charge is 2.38. The van der Waals surface area contributed by atoms with Crippen LogP contribution >= 0.6 is 0 Å². The maximum atomic E-state index is 13.5. The Morgan fingerprint density at radius 2 is 2.11 bits per heavy atom. The zero-order chi connectivity index (χ0) is 14.0. The lowest BCUT2D eigenvalue weighted by Gasteiger charge is -2.15. The van der Waals surface area contributed by atoms with E-state index in [1.54, 1.807) is 0 Å². The summed E-state index contributed by atoms with van der Waals surface area (Å²) < 4.78 is 26.5. The average molecular weight is 268 g/mol. The zero-order valence-corrected chi connectivity index (χ0v) is 10.5. The van der Waals surface area contributed by atoms with Crippen molar-refractivity contribution in [2.45, 2.75) is 25.8 Å². The molecule has 1 atom stereocenters. The second kappa shape index (κ2) is 5.34. The van der Waals surface area contributed by atoms with Crippen molar-refractivity contribution in [3.63, 3.8) is 0 Å². The Balaban J connectivity index is 2.14. The van der Waals surface area contributed by atoms with Gasteiger partial charge in [0, 0.05) is 6.54 Å². The quantitative estimate of drug-likeness (QED) is 0.849. The molecule has 19 heavy (non-hydrogen) atoms. The van der Waals surface area contributed by atoms with Crippen molar-refractivity contribution in [3.05, 3.63) is 29.8 Å². The first-order valence-corrected chi connectivity index (χ1v) is 6.09. The van der Waals surface area contributed by atoms with Crippen LogP contribution in [0, 0.1) is 11.6 Å². The molecular weight excluding hydrogens is 254 g/mol. The van der Waals surface area contributed by atoms with Gasteiger partial charge in [-0.25, -0.2) is 8.78 Å². The molecule has 1 aromatic rings. The number of likely N-dealkylation sites (tertiary alicyclic amines) is 1. The van der Waals surface area contributed by atoms with E-state index in [2.05, 4.69) is 5.32 Å². The van der Waals surface area contributed by atoms with Crippen molar-refractivity contribution >= 4 is 17.5 Å². The van der Waals surface area contributed by atoms with Gasteiger partial charge in [0.05, 0.1) is 12.1 Å². The van der Waals surface area contributed by atoms with Crippen LogP contribution in [0.1, 0.15) is 19.8 Å². The second-order valence-corrected chi connectivity index (χ2v) is 4.39. The van der Waals surface area contributed by atoms with Crippen LogP contribution < -0.4 is 5.32 Å². The highest BCUT2D eigenvalue weighted by molar-refractivity contribution is 6.06. The van der Waals surface area contributed by atoms with Gasteiger partial charge in [0.15, 0.2) is 11.6 Å². The summed E-state index contributed by atoms with van der Waals surface area (Å²) in [4.78, 5) is 24.7. The van der Waals surface area contributed by atoms with Crippen LogP contribution in [-0.2, 0) is 9.59 Å². The van der Waals surface area contributed by atoms with Gasteiger partial charge in [-0.3, -0.25) is 14.5 Å². The maximum absolute atomic E-state index is 13.5. The monoisotopic (exact) mass is 268 g/mol. The molecule has 0 aliphatic carbocycles. The van der Waals surface area contributed by atoms with E-state index in [-0.39, 0.29) is 18.0 Å². The lowest BCUT2D eigenvalue weighted by Crippen LogP contribution is -2.35. The largest absolute Gasteiger partial charge is 0.371 e. The van der Waals surface area contributed by atoms with Crippen LogP contribution in [0.25, 0.3) is 0 Å². The number of carbonyl (C=O) groups excluding carboxylic acids is 2. The first kappa shape index (κ1) is 13.5. The van der Waals surface area contributed by atoms with Crippen LogP contribution in [-0.4, -0.2) is 29.3 Å². The fourth-order valence-corrected chi connectivity index (χ4v) is 2.06. The van der Waals surface area contributed by atoms with E-state index in [1.165, 1.54) is 12.1 Å². The van der Waals surface area contributed by atoms with E-state index in [0.29, 0.717) is 13.0 Å². The lowest BCUT2D eigenvalue weighted by molar-refractivity contribution is -0.138. The predicted octanol–water partition coefficient (Wildman–Crippen LogP) is 1.91. The number of hydrogen-bond donors (Lipinski definition) is 1. The molecule has 0 bridgehead atoms. The molecule has 1 aliphatic heterocycles. The van der Waals surface area contributed by atoms with Crippen molar-refractivity contribution in [2.24, 2.45) is 0 Å². The van der Waals surface area contributed by atoms with E-state index >= 15 is 0 Å². The Labute approximate surface area is 109 Å². The predicted molar refractivity (Wildman–Crippen MR) is 65.4 cm³/mol. The van der Waals surface area contributed by atoms with Crippen LogP contribution in [0.15, 0.2) is 18.2 Å². The van der Waals surface area contributed by atoms with Crippen LogP contribution in [0.4, 0.5) is 14.5 Å². The van der Waals surface area contributed by atoms with Gasteiger partial charge in [-0.05, 0) is 18.6 Å². The topological polar surface area (TPSA) is 49.4 Å². The molecule has 0 aromatic heterocycles. The summed E-state index contributed by atoms with van der Waals surface area (Å²) in [5, 5.41) is 2.59. The summed E-state index contributed by atoms with van der Waals surface area (Å²) in [5.41, 5.74) is -0.107. The SMILES string of the molecule is CCCN1C(=O)CC(Nc2cccc(F)c2F)C1=O. The number of carbonyl (C=O) groups is 2. The van der Waals surface area contributed by atoms with Crippen LogP contribution in [0.3, 0.4) is 0 Å². The Morgan fingerprint density at radius 3 is 2.79 bits per heavy atom. The van der Waals surface area contributed by atoms with Gasteiger partial charge in [-0.2, -0.15) is 0 Å². The summed E-state index contributed by atoms with van der Waals surface area (Å²) in [6, 6.07) is 2.84. The molecule has 0 spiro atoms. The number of imide groups is 1. The van der Waals surface area contributed by atoms with Crippen molar-refractivity contribution < 1.29 is 18.4 Å². The average Bonchev–Trinajstić information content (AvgIpc) is 2.63. The minimum absolute atomic E-state index is 0.0329. The molecule has 1 fully saturated rings. The Bertz CT molecular complexity index is 519. The van der Waals surface area contributed by atoms with Crippen LogP contribution in [0.5, 0.6) is 0 Å². The number of halogens is 2. The van der Waals surface area contributed by atoms with E-state index < -0.39 is 23.6 Å². The van der Waals surface area contributed by atoms with Crippen molar-refractivity contribution in [2.75, 3.05) is 11.9 Å². The van der Waals surface area contributed by atoms with E-state index in [4.69, 9.17) is 0 Å². The molecule has 0 radical (unpaired) electrons. The number of benzene rings is 1. The standard InChI is InChI=1S/C13H14F2N2O2/c1-2-6-17-11(18)7-10(13(17)19)16-9-5-3-4-8(14)12(9)15/h3-5,10,16H,2,6-7H2,1H3. The fourth-order valence-electron chi connectivity index (χ4n) is 2.06. The van der Waals surface area contributed by atoms with Gasteiger partial charge in [0.1, 0.15) is 6.04 Å². The van der Waals surface area contributed by atoms with E-state index in [9.17, 15) is 18.4 Å². The Morgan fingerprint density at radius 1 is 1.37 bits per heavy atom.